The second-order valence-corrected chi connectivity index (χ2v) is 8.46. The van der Waals surface area contributed by atoms with Gasteiger partial charge >= 0.3 is 5.97 Å². The van der Waals surface area contributed by atoms with Gasteiger partial charge in [-0.2, -0.15) is 0 Å². The van der Waals surface area contributed by atoms with Crippen LogP contribution in [-0.4, -0.2) is 35.8 Å². The molecule has 1 aromatic heterocycles. The maximum absolute atomic E-state index is 12.5. The number of nitrogens with two attached hydrogens (primary N) is 1. The van der Waals surface area contributed by atoms with Crippen molar-refractivity contribution < 1.29 is 14.3 Å². The molecule has 0 atom stereocenters. The van der Waals surface area contributed by atoms with E-state index in [1.807, 2.05) is 30.3 Å². The van der Waals surface area contributed by atoms with Gasteiger partial charge in [-0.1, -0.05) is 29.5 Å². The molecule has 0 radical (unpaired) electrons. The molecule has 1 amide bonds. The molecular weight excluding hydrogens is 426 g/mol. The van der Waals surface area contributed by atoms with Gasteiger partial charge < -0.3 is 20.7 Å². The van der Waals surface area contributed by atoms with Crippen molar-refractivity contribution in [1.82, 2.24) is 4.98 Å². The van der Waals surface area contributed by atoms with Crippen molar-refractivity contribution in [3.8, 4) is 5.75 Å². The number of rotatable bonds is 6. The van der Waals surface area contributed by atoms with Gasteiger partial charge in [0.1, 0.15) is 16.5 Å². The number of hydrogen-bond acceptors (Lipinski definition) is 7. The molecule has 4 N–H and O–H groups in total. The fraction of sp³-hybridized carbons (Fsp3) is 0.217. The van der Waals surface area contributed by atoms with E-state index in [2.05, 4.69) is 15.2 Å². The summed E-state index contributed by atoms with van der Waals surface area (Å²) >= 11 is 1.27. The number of thiazole rings is 1. The number of esters is 1. The van der Waals surface area contributed by atoms with Crippen LogP contribution in [0.1, 0.15) is 28.1 Å². The third kappa shape index (κ3) is 5.12. The lowest BCUT2D eigenvalue weighted by Crippen LogP contribution is -2.38. The lowest BCUT2D eigenvalue weighted by Gasteiger charge is -2.31. The molecule has 0 unspecified atom stereocenters. The fourth-order valence-electron chi connectivity index (χ4n) is 3.46. The largest absolute Gasteiger partial charge is 0.422 e. The van der Waals surface area contributed by atoms with Crippen LogP contribution in [0.5, 0.6) is 5.75 Å². The van der Waals surface area contributed by atoms with Gasteiger partial charge in [-0.15, -0.1) is 0 Å². The number of nitrogens with zero attached hydrogens (tertiary/aromatic N) is 2. The summed E-state index contributed by atoms with van der Waals surface area (Å²) < 4.78 is 5.39. The van der Waals surface area contributed by atoms with Crippen LogP contribution in [0.4, 0.5) is 10.8 Å². The summed E-state index contributed by atoms with van der Waals surface area (Å²) in [6.45, 7) is 1.39. The highest BCUT2D eigenvalue weighted by molar-refractivity contribution is 7.17. The molecular formula is C23H23N5O3S. The molecule has 1 aliphatic rings. The number of ether oxygens (including phenoxy) is 1. The van der Waals surface area contributed by atoms with Crippen molar-refractivity contribution in [2.45, 2.75) is 12.8 Å². The monoisotopic (exact) mass is 449 g/mol. The first-order valence-corrected chi connectivity index (χ1v) is 11.0. The fourth-order valence-corrected chi connectivity index (χ4v) is 4.31. The predicted octanol–water partition coefficient (Wildman–Crippen LogP) is 3.50. The highest BCUT2D eigenvalue weighted by Gasteiger charge is 2.27. The molecule has 4 rings (SSSR count). The minimum Gasteiger partial charge on any atom is -0.422 e. The van der Waals surface area contributed by atoms with Crippen molar-refractivity contribution in [2.24, 2.45) is 11.7 Å². The van der Waals surface area contributed by atoms with E-state index < -0.39 is 5.97 Å². The zero-order valence-electron chi connectivity index (χ0n) is 17.3. The highest BCUT2D eigenvalue weighted by Crippen LogP contribution is 2.29. The molecule has 0 aliphatic carbocycles. The van der Waals surface area contributed by atoms with Crippen LogP contribution in [0.15, 0.2) is 60.8 Å². The van der Waals surface area contributed by atoms with E-state index in [-0.39, 0.29) is 17.7 Å². The van der Waals surface area contributed by atoms with Gasteiger partial charge in [0.2, 0.25) is 5.91 Å². The van der Waals surface area contributed by atoms with E-state index in [0.29, 0.717) is 29.3 Å². The van der Waals surface area contributed by atoms with Gasteiger partial charge in [0.05, 0.1) is 6.20 Å². The standard InChI is InChI=1S/C23H23N5O3S/c24-20(25)15-6-8-18(9-7-15)31-22(30)19-14-26-23(32-19)28-12-10-16(11-13-28)21(29)27-17-4-2-1-3-5-17/h1-9,14,16H,10-13H2,(H3,24,25)(H,27,29). The topological polar surface area (TPSA) is 121 Å². The van der Waals surface area contributed by atoms with E-state index >= 15 is 0 Å². The summed E-state index contributed by atoms with van der Waals surface area (Å²) in [7, 11) is 0. The van der Waals surface area contributed by atoms with Crippen LogP contribution >= 0.6 is 11.3 Å². The average molecular weight is 450 g/mol. The minimum absolute atomic E-state index is 0.0371. The lowest BCUT2D eigenvalue weighted by atomic mass is 9.96. The number of benzene rings is 2. The molecule has 0 spiro atoms. The number of nitrogens with one attached hydrogen (secondary N) is 2. The van der Waals surface area contributed by atoms with Crippen LogP contribution in [0, 0.1) is 11.3 Å². The maximum atomic E-state index is 12.5. The van der Waals surface area contributed by atoms with E-state index in [9.17, 15) is 9.59 Å². The summed E-state index contributed by atoms with van der Waals surface area (Å²) in [6, 6.07) is 15.9. The molecule has 9 heteroatoms. The van der Waals surface area contributed by atoms with E-state index in [1.54, 1.807) is 24.3 Å². The molecule has 8 nitrogen and oxygen atoms in total. The third-order valence-electron chi connectivity index (χ3n) is 5.25. The quantitative estimate of drug-likeness (QED) is 0.229. The Balaban J connectivity index is 1.30. The number of hydrogen-bond donors (Lipinski definition) is 3. The first kappa shape index (κ1) is 21.5. The van der Waals surface area contributed by atoms with E-state index in [4.69, 9.17) is 15.9 Å². The molecule has 2 heterocycles. The first-order valence-electron chi connectivity index (χ1n) is 10.2. The van der Waals surface area contributed by atoms with Gasteiger partial charge in [-0.25, -0.2) is 9.78 Å². The van der Waals surface area contributed by atoms with E-state index in [1.165, 1.54) is 17.5 Å². The number of nitrogen functional groups attached to an aromatic ring is 1. The number of carbonyl (C=O) groups excluding carboxylic acids is 2. The van der Waals surface area contributed by atoms with E-state index in [0.717, 1.165) is 23.7 Å². The average Bonchev–Trinajstić information content (AvgIpc) is 3.31. The van der Waals surface area contributed by atoms with Gasteiger partial charge in [0.15, 0.2) is 5.13 Å². The molecule has 1 aliphatic heterocycles. The second-order valence-electron chi connectivity index (χ2n) is 7.45. The molecule has 164 valence electrons. The summed E-state index contributed by atoms with van der Waals surface area (Å²) in [6.07, 6.45) is 2.96. The second kappa shape index (κ2) is 9.61. The maximum Gasteiger partial charge on any atom is 0.355 e. The van der Waals surface area contributed by atoms with Gasteiger partial charge in [-0.05, 0) is 49.2 Å². The molecule has 32 heavy (non-hydrogen) atoms. The number of amidine groups is 1. The highest BCUT2D eigenvalue weighted by atomic mass is 32.1. The Hall–Kier alpha value is -3.72. The normalized spacial score (nSPS) is 14.1. The number of para-hydroxylation sites is 1. The number of piperidine rings is 1. The number of amides is 1. The van der Waals surface area contributed by atoms with Crippen LogP contribution in [-0.2, 0) is 4.79 Å². The summed E-state index contributed by atoms with van der Waals surface area (Å²) in [5, 5.41) is 11.1. The Bertz CT molecular complexity index is 1110. The Kier molecular flexibility index (Phi) is 6.46. The summed E-state index contributed by atoms with van der Waals surface area (Å²) in [4.78, 5) is 31.8. The van der Waals surface area contributed by atoms with Crippen molar-refractivity contribution in [3.63, 3.8) is 0 Å². The molecule has 0 bridgehead atoms. The van der Waals surface area contributed by atoms with Crippen LogP contribution in [0.25, 0.3) is 0 Å². The lowest BCUT2D eigenvalue weighted by molar-refractivity contribution is -0.120. The van der Waals surface area contributed by atoms with Crippen molar-refractivity contribution >= 4 is 39.9 Å². The van der Waals surface area contributed by atoms with Gasteiger partial charge in [0.25, 0.3) is 0 Å². The zero-order chi connectivity index (χ0) is 22.5. The Morgan fingerprint density at radius 3 is 2.44 bits per heavy atom. The molecule has 0 saturated carbocycles. The van der Waals surface area contributed by atoms with Gasteiger partial charge in [-0.3, -0.25) is 10.2 Å². The molecule has 2 aromatic carbocycles. The molecule has 3 aromatic rings. The predicted molar refractivity (Wildman–Crippen MR) is 125 cm³/mol. The molecule has 1 fully saturated rings. The Morgan fingerprint density at radius 2 is 1.78 bits per heavy atom. The van der Waals surface area contributed by atoms with Crippen molar-refractivity contribution in [1.29, 1.82) is 5.41 Å². The third-order valence-corrected chi connectivity index (χ3v) is 6.29. The number of carbonyl (C=O) groups is 2. The van der Waals surface area contributed by atoms with Crippen LogP contribution in [0.2, 0.25) is 0 Å². The van der Waals surface area contributed by atoms with Crippen LogP contribution < -0.4 is 20.7 Å². The Morgan fingerprint density at radius 1 is 1.09 bits per heavy atom. The first-order chi connectivity index (χ1) is 15.5. The smallest absolute Gasteiger partial charge is 0.355 e. The van der Waals surface area contributed by atoms with Crippen molar-refractivity contribution in [2.75, 3.05) is 23.3 Å². The summed E-state index contributed by atoms with van der Waals surface area (Å²) in [5.74, 6) is -0.165. The Labute approximate surface area is 189 Å². The number of anilines is 2. The number of aromatic nitrogens is 1. The summed E-state index contributed by atoms with van der Waals surface area (Å²) in [5.41, 5.74) is 6.80. The SMILES string of the molecule is N=C(N)c1ccc(OC(=O)c2cnc(N3CCC(C(=O)Nc4ccccc4)CC3)s2)cc1. The molecule has 1 saturated heterocycles. The van der Waals surface area contributed by atoms with Crippen molar-refractivity contribution in [3.05, 3.63) is 71.2 Å². The minimum atomic E-state index is -0.485. The van der Waals surface area contributed by atoms with Crippen LogP contribution in [0.3, 0.4) is 0 Å². The van der Waals surface area contributed by atoms with Gasteiger partial charge in [0, 0.05) is 30.3 Å². The zero-order valence-corrected chi connectivity index (χ0v) is 18.1.